The molecule has 0 fully saturated rings. The first-order chi connectivity index (χ1) is 4.99. The molecule has 0 aliphatic rings. The molecule has 0 rings (SSSR count). The molecule has 1 nitrogen and oxygen atoms in total. The van der Waals surface area contributed by atoms with Gasteiger partial charge in [-0.05, 0) is 13.1 Å². The van der Waals surface area contributed by atoms with Gasteiger partial charge in [-0.25, -0.2) is 0 Å². The summed E-state index contributed by atoms with van der Waals surface area (Å²) < 4.78 is 40.2. The molecule has 0 saturated carbocycles. The molecule has 0 N–H and O–H groups in total. The minimum atomic E-state index is -4.07. The Morgan fingerprint density at radius 2 is 1.82 bits per heavy atom. The van der Waals surface area contributed by atoms with Crippen LogP contribution in [0.4, 0.5) is 13.2 Å². The van der Waals surface area contributed by atoms with Crippen LogP contribution in [-0.4, -0.2) is 25.1 Å². The topological polar surface area (TPSA) is 9.23 Å². The lowest BCUT2D eigenvalue weighted by atomic mass is 10.8. The van der Waals surface area contributed by atoms with Gasteiger partial charge in [-0.3, -0.25) is 0 Å². The third-order valence-electron chi connectivity index (χ3n) is 1.02. The fraction of sp³-hybridized carbons (Fsp3) is 1.00. The van der Waals surface area contributed by atoms with Gasteiger partial charge < -0.3 is 4.52 Å². The summed E-state index contributed by atoms with van der Waals surface area (Å²) in [4.78, 5) is 0. The van der Waals surface area contributed by atoms with Crippen LogP contribution in [0, 0.1) is 0 Å². The highest BCUT2D eigenvalue weighted by molar-refractivity contribution is 7.52. The molecular weight excluding hydrogens is 176 g/mol. The molecule has 5 heteroatoms. The molecule has 0 amide bonds. The SMILES string of the molecule is CCOP(CC)CC(F)(F)F. The van der Waals surface area contributed by atoms with Crippen molar-refractivity contribution in [3.63, 3.8) is 0 Å². The summed E-state index contributed by atoms with van der Waals surface area (Å²) in [5.74, 6) is 0. The quantitative estimate of drug-likeness (QED) is 0.616. The zero-order chi connectivity index (χ0) is 8.91. The highest BCUT2D eigenvalue weighted by atomic mass is 31.1. The molecular formula is C6H12F3OP. The van der Waals surface area contributed by atoms with Gasteiger partial charge in [0.15, 0.2) is 0 Å². The molecule has 0 aromatic carbocycles. The van der Waals surface area contributed by atoms with E-state index in [1.54, 1.807) is 13.8 Å². The van der Waals surface area contributed by atoms with E-state index in [1.807, 2.05) is 0 Å². The van der Waals surface area contributed by atoms with Gasteiger partial charge >= 0.3 is 6.18 Å². The van der Waals surface area contributed by atoms with Gasteiger partial charge in [0.25, 0.3) is 0 Å². The molecule has 0 aliphatic carbocycles. The van der Waals surface area contributed by atoms with E-state index in [9.17, 15) is 13.2 Å². The van der Waals surface area contributed by atoms with Crippen LogP contribution in [0.3, 0.4) is 0 Å². The molecule has 0 aromatic heterocycles. The number of halogens is 3. The lowest BCUT2D eigenvalue weighted by Gasteiger charge is -2.16. The summed E-state index contributed by atoms with van der Waals surface area (Å²) >= 11 is 0. The van der Waals surface area contributed by atoms with Crippen LogP contribution >= 0.6 is 8.15 Å². The molecule has 1 atom stereocenters. The van der Waals surface area contributed by atoms with Crippen LogP contribution in [0.1, 0.15) is 13.8 Å². The smallest absolute Gasteiger partial charge is 0.359 e. The van der Waals surface area contributed by atoms with E-state index in [0.717, 1.165) is 0 Å². The Kier molecular flexibility index (Phi) is 5.02. The van der Waals surface area contributed by atoms with Crippen molar-refractivity contribution in [2.24, 2.45) is 0 Å². The Bertz CT molecular complexity index is 104. The fourth-order valence-corrected chi connectivity index (χ4v) is 1.89. The highest BCUT2D eigenvalue weighted by Crippen LogP contribution is 2.41. The normalized spacial score (nSPS) is 15.0. The number of alkyl halides is 3. The second kappa shape index (κ2) is 4.94. The minimum absolute atomic E-state index is 0.371. The van der Waals surface area contributed by atoms with Gasteiger partial charge in [-0.1, -0.05) is 6.92 Å². The van der Waals surface area contributed by atoms with Crippen molar-refractivity contribution >= 4 is 8.15 Å². The molecule has 0 saturated heterocycles. The zero-order valence-corrected chi connectivity index (χ0v) is 7.51. The summed E-state index contributed by atoms with van der Waals surface area (Å²) in [6.45, 7) is 3.80. The van der Waals surface area contributed by atoms with Crippen molar-refractivity contribution in [1.82, 2.24) is 0 Å². The standard InChI is InChI=1S/C6H12F3OP/c1-3-10-11(4-2)5-6(7,8)9/h3-5H2,1-2H3. The van der Waals surface area contributed by atoms with Crippen molar-refractivity contribution < 1.29 is 17.7 Å². The maximum atomic E-state index is 11.8. The van der Waals surface area contributed by atoms with Gasteiger partial charge in [0.2, 0.25) is 0 Å². The number of hydrogen-bond donors (Lipinski definition) is 0. The number of rotatable bonds is 4. The lowest BCUT2D eigenvalue weighted by Crippen LogP contribution is -2.14. The van der Waals surface area contributed by atoms with Crippen molar-refractivity contribution in [2.75, 3.05) is 18.9 Å². The van der Waals surface area contributed by atoms with Crippen molar-refractivity contribution in [3.05, 3.63) is 0 Å². The van der Waals surface area contributed by atoms with E-state index in [1.165, 1.54) is 0 Å². The molecule has 1 unspecified atom stereocenters. The monoisotopic (exact) mass is 188 g/mol. The molecule has 0 aliphatic heterocycles. The molecule has 0 heterocycles. The molecule has 0 bridgehead atoms. The van der Waals surface area contributed by atoms with Gasteiger partial charge in [0.05, 0.1) is 6.16 Å². The van der Waals surface area contributed by atoms with Crippen LogP contribution in [-0.2, 0) is 4.52 Å². The van der Waals surface area contributed by atoms with Crippen LogP contribution in [0.5, 0.6) is 0 Å². The van der Waals surface area contributed by atoms with E-state index in [0.29, 0.717) is 12.8 Å². The van der Waals surface area contributed by atoms with Gasteiger partial charge in [0.1, 0.15) is 0 Å². The predicted molar refractivity (Wildman–Crippen MR) is 40.0 cm³/mol. The summed E-state index contributed by atoms with van der Waals surface area (Å²) in [6.07, 6.45) is -4.37. The predicted octanol–water partition coefficient (Wildman–Crippen LogP) is 3.00. The average Bonchev–Trinajstić information content (AvgIpc) is 1.84. The summed E-state index contributed by atoms with van der Waals surface area (Å²) in [5, 5.41) is 0. The summed E-state index contributed by atoms with van der Waals surface area (Å²) in [6, 6.07) is 0. The van der Waals surface area contributed by atoms with Crippen LogP contribution in [0.25, 0.3) is 0 Å². The van der Waals surface area contributed by atoms with Crippen LogP contribution < -0.4 is 0 Å². The Morgan fingerprint density at radius 3 is 2.09 bits per heavy atom. The highest BCUT2D eigenvalue weighted by Gasteiger charge is 2.31. The van der Waals surface area contributed by atoms with Crippen molar-refractivity contribution in [3.8, 4) is 0 Å². The number of hydrogen-bond acceptors (Lipinski definition) is 1. The van der Waals surface area contributed by atoms with Gasteiger partial charge in [0, 0.05) is 14.8 Å². The molecule has 0 spiro atoms. The van der Waals surface area contributed by atoms with Crippen molar-refractivity contribution in [2.45, 2.75) is 20.0 Å². The van der Waals surface area contributed by atoms with Gasteiger partial charge in [-0.2, -0.15) is 13.2 Å². The summed E-state index contributed by atoms with van der Waals surface area (Å²) in [5.41, 5.74) is 0. The molecule has 68 valence electrons. The minimum Gasteiger partial charge on any atom is -0.359 e. The second-order valence-corrected chi connectivity index (χ2v) is 4.16. The molecule has 11 heavy (non-hydrogen) atoms. The van der Waals surface area contributed by atoms with Crippen molar-refractivity contribution in [1.29, 1.82) is 0 Å². The maximum Gasteiger partial charge on any atom is 0.395 e. The third kappa shape index (κ3) is 6.57. The van der Waals surface area contributed by atoms with Crippen LogP contribution in [0.2, 0.25) is 0 Å². The Morgan fingerprint density at radius 1 is 1.27 bits per heavy atom. The van der Waals surface area contributed by atoms with E-state index in [-0.39, 0.29) is 0 Å². The first-order valence-corrected chi connectivity index (χ1v) is 5.07. The molecule has 0 radical (unpaired) electrons. The Balaban J connectivity index is 3.68. The van der Waals surface area contributed by atoms with E-state index in [2.05, 4.69) is 0 Å². The van der Waals surface area contributed by atoms with Gasteiger partial charge in [-0.15, -0.1) is 0 Å². The van der Waals surface area contributed by atoms with E-state index < -0.39 is 20.5 Å². The Hall–Kier alpha value is 0.180. The largest absolute Gasteiger partial charge is 0.395 e. The first kappa shape index (κ1) is 11.2. The second-order valence-electron chi connectivity index (χ2n) is 1.99. The van der Waals surface area contributed by atoms with E-state index in [4.69, 9.17) is 4.52 Å². The maximum absolute atomic E-state index is 11.8. The zero-order valence-electron chi connectivity index (χ0n) is 6.61. The third-order valence-corrected chi connectivity index (χ3v) is 3.06. The first-order valence-electron chi connectivity index (χ1n) is 3.44. The molecule has 0 aromatic rings. The summed E-state index contributed by atoms with van der Waals surface area (Å²) in [7, 11) is -1.27. The van der Waals surface area contributed by atoms with Crippen LogP contribution in [0.15, 0.2) is 0 Å². The lowest BCUT2D eigenvalue weighted by molar-refractivity contribution is -0.107. The fourth-order valence-electron chi connectivity index (χ4n) is 0.631. The average molecular weight is 188 g/mol. The Labute approximate surface area is 65.8 Å². The van der Waals surface area contributed by atoms with E-state index >= 15 is 0 Å².